The van der Waals surface area contributed by atoms with Crippen molar-refractivity contribution >= 4 is 16.6 Å². The molecule has 0 fully saturated rings. The van der Waals surface area contributed by atoms with E-state index in [9.17, 15) is 0 Å². The Morgan fingerprint density at radius 3 is 2.50 bits per heavy atom. The van der Waals surface area contributed by atoms with Gasteiger partial charge in [0.25, 0.3) is 0 Å². The van der Waals surface area contributed by atoms with Crippen molar-refractivity contribution in [2.75, 3.05) is 40.5 Å². The number of hydrogen-bond donors (Lipinski definition) is 0. The number of benzene rings is 1. The van der Waals surface area contributed by atoms with Gasteiger partial charge in [-0.25, -0.2) is 4.98 Å². The second kappa shape index (κ2) is 8.18. The van der Waals surface area contributed by atoms with E-state index < -0.39 is 0 Å². The number of nitrogens with zero attached hydrogens (tertiary/aromatic N) is 5. The monoisotopic (exact) mass is 359 g/mol. The molecular formula is C18H25N5O3. The zero-order valence-corrected chi connectivity index (χ0v) is 15.7. The summed E-state index contributed by atoms with van der Waals surface area (Å²) in [4.78, 5) is 11.3. The van der Waals surface area contributed by atoms with Crippen molar-refractivity contribution in [2.45, 2.75) is 20.3 Å². The first-order chi connectivity index (χ1) is 12.7. The standard InChI is InChI=1S/C18H25N5O3/c1-5-22(6-2)8-7-9-26-18-21-14-11-16(25-4)15(24-3)10-13(14)17-19-12-20-23(17)18/h10-12H,5-9H2,1-4H3. The fraction of sp³-hybridized carbons (Fsp3) is 0.500. The van der Waals surface area contributed by atoms with Gasteiger partial charge in [0, 0.05) is 18.0 Å². The van der Waals surface area contributed by atoms with Crippen LogP contribution in [0.3, 0.4) is 0 Å². The summed E-state index contributed by atoms with van der Waals surface area (Å²) < 4.78 is 18.3. The third-order valence-electron chi connectivity index (χ3n) is 4.43. The van der Waals surface area contributed by atoms with Crippen molar-refractivity contribution < 1.29 is 14.2 Å². The fourth-order valence-corrected chi connectivity index (χ4v) is 2.94. The minimum Gasteiger partial charge on any atom is -0.493 e. The van der Waals surface area contributed by atoms with Crippen molar-refractivity contribution in [1.29, 1.82) is 0 Å². The molecule has 26 heavy (non-hydrogen) atoms. The van der Waals surface area contributed by atoms with Crippen LogP contribution in [0.5, 0.6) is 17.5 Å². The summed E-state index contributed by atoms with van der Waals surface area (Å²) >= 11 is 0. The van der Waals surface area contributed by atoms with Crippen molar-refractivity contribution in [3.05, 3.63) is 18.5 Å². The van der Waals surface area contributed by atoms with Gasteiger partial charge in [-0.05, 0) is 25.6 Å². The summed E-state index contributed by atoms with van der Waals surface area (Å²) in [5, 5.41) is 5.08. The SMILES string of the molecule is CCN(CC)CCCOc1nc2cc(OC)c(OC)cc2c2ncnn12. The first-order valence-corrected chi connectivity index (χ1v) is 8.82. The molecule has 3 aromatic rings. The van der Waals surface area contributed by atoms with Gasteiger partial charge >= 0.3 is 6.01 Å². The third-order valence-corrected chi connectivity index (χ3v) is 4.43. The van der Waals surface area contributed by atoms with Crippen LogP contribution >= 0.6 is 0 Å². The molecule has 0 aliphatic rings. The zero-order valence-electron chi connectivity index (χ0n) is 15.7. The average molecular weight is 359 g/mol. The quantitative estimate of drug-likeness (QED) is 0.543. The predicted octanol–water partition coefficient (Wildman–Crippen LogP) is 2.41. The van der Waals surface area contributed by atoms with E-state index in [1.54, 1.807) is 18.7 Å². The van der Waals surface area contributed by atoms with Crippen LogP contribution in [0.15, 0.2) is 18.5 Å². The summed E-state index contributed by atoms with van der Waals surface area (Å²) in [6.45, 7) is 7.97. The molecule has 8 heteroatoms. The second-order valence-electron chi connectivity index (χ2n) is 5.84. The Kier molecular flexibility index (Phi) is 5.72. The number of aromatic nitrogens is 4. The lowest BCUT2D eigenvalue weighted by molar-refractivity contribution is 0.235. The first-order valence-electron chi connectivity index (χ1n) is 8.82. The van der Waals surface area contributed by atoms with Crippen molar-refractivity contribution in [2.24, 2.45) is 0 Å². The van der Waals surface area contributed by atoms with E-state index in [0.717, 1.165) is 37.0 Å². The summed E-state index contributed by atoms with van der Waals surface area (Å²) in [5.74, 6) is 1.24. The van der Waals surface area contributed by atoms with Crippen LogP contribution in [0.1, 0.15) is 20.3 Å². The number of fused-ring (bicyclic) bond motifs is 3. The van der Waals surface area contributed by atoms with Gasteiger partial charge in [-0.15, -0.1) is 0 Å². The molecule has 8 nitrogen and oxygen atoms in total. The van der Waals surface area contributed by atoms with Crippen LogP contribution in [0.4, 0.5) is 0 Å². The molecule has 0 saturated carbocycles. The number of ether oxygens (including phenoxy) is 3. The molecule has 0 radical (unpaired) electrons. The number of rotatable bonds is 9. The molecule has 0 aliphatic carbocycles. The van der Waals surface area contributed by atoms with E-state index in [-0.39, 0.29) is 0 Å². The highest BCUT2D eigenvalue weighted by atomic mass is 16.5. The molecule has 0 amide bonds. The minimum absolute atomic E-state index is 0.428. The normalized spacial score (nSPS) is 11.4. The zero-order chi connectivity index (χ0) is 18.5. The lowest BCUT2D eigenvalue weighted by Gasteiger charge is -2.17. The van der Waals surface area contributed by atoms with Gasteiger partial charge in [0.15, 0.2) is 17.1 Å². The van der Waals surface area contributed by atoms with Crippen LogP contribution in [-0.2, 0) is 0 Å². The molecule has 0 saturated heterocycles. The molecule has 0 N–H and O–H groups in total. The minimum atomic E-state index is 0.428. The van der Waals surface area contributed by atoms with Gasteiger partial charge in [0.1, 0.15) is 6.33 Å². The van der Waals surface area contributed by atoms with E-state index in [4.69, 9.17) is 14.2 Å². The Morgan fingerprint density at radius 1 is 1.08 bits per heavy atom. The summed E-state index contributed by atoms with van der Waals surface area (Å²) in [6, 6.07) is 4.11. The lowest BCUT2D eigenvalue weighted by Crippen LogP contribution is -2.25. The Morgan fingerprint density at radius 2 is 1.81 bits per heavy atom. The highest BCUT2D eigenvalue weighted by Crippen LogP contribution is 2.33. The molecule has 0 bridgehead atoms. The smallest absolute Gasteiger partial charge is 0.320 e. The molecule has 0 spiro atoms. The van der Waals surface area contributed by atoms with Crippen LogP contribution in [0, 0.1) is 0 Å². The highest BCUT2D eigenvalue weighted by molar-refractivity contribution is 5.93. The first kappa shape index (κ1) is 18.2. The van der Waals surface area contributed by atoms with Crippen LogP contribution in [0.25, 0.3) is 16.6 Å². The predicted molar refractivity (Wildman–Crippen MR) is 99.3 cm³/mol. The molecule has 3 rings (SSSR count). The molecule has 0 atom stereocenters. The van der Waals surface area contributed by atoms with Crippen molar-refractivity contribution in [1.82, 2.24) is 24.5 Å². The number of hydrogen-bond acceptors (Lipinski definition) is 7. The second-order valence-corrected chi connectivity index (χ2v) is 5.84. The van der Waals surface area contributed by atoms with Crippen LogP contribution < -0.4 is 14.2 Å². The highest BCUT2D eigenvalue weighted by Gasteiger charge is 2.15. The third kappa shape index (κ3) is 3.50. The molecule has 2 aromatic heterocycles. The van der Waals surface area contributed by atoms with E-state index in [1.807, 2.05) is 12.1 Å². The Labute approximate surface area is 152 Å². The Balaban J connectivity index is 1.89. The summed E-state index contributed by atoms with van der Waals surface area (Å²) in [6.07, 6.45) is 2.42. The largest absolute Gasteiger partial charge is 0.493 e. The van der Waals surface area contributed by atoms with Crippen LogP contribution in [0.2, 0.25) is 0 Å². The average Bonchev–Trinajstić information content (AvgIpc) is 3.17. The lowest BCUT2D eigenvalue weighted by atomic mass is 10.2. The Hall–Kier alpha value is -2.61. The number of methoxy groups -OCH3 is 2. The van der Waals surface area contributed by atoms with Crippen molar-refractivity contribution in [3.63, 3.8) is 0 Å². The topological polar surface area (TPSA) is 74.0 Å². The Bertz CT molecular complexity index is 876. The van der Waals surface area contributed by atoms with E-state index in [2.05, 4.69) is 33.8 Å². The van der Waals surface area contributed by atoms with Gasteiger partial charge in [-0.1, -0.05) is 13.8 Å². The van der Waals surface area contributed by atoms with Gasteiger partial charge in [0.2, 0.25) is 0 Å². The van der Waals surface area contributed by atoms with Gasteiger partial charge in [-0.2, -0.15) is 14.6 Å². The van der Waals surface area contributed by atoms with Gasteiger partial charge in [0.05, 0.1) is 26.3 Å². The van der Waals surface area contributed by atoms with Gasteiger partial charge < -0.3 is 19.1 Å². The molecule has 140 valence electrons. The van der Waals surface area contributed by atoms with E-state index in [0.29, 0.717) is 29.8 Å². The fourth-order valence-electron chi connectivity index (χ4n) is 2.94. The molecular weight excluding hydrogens is 334 g/mol. The molecule has 0 aliphatic heterocycles. The van der Waals surface area contributed by atoms with E-state index >= 15 is 0 Å². The summed E-state index contributed by atoms with van der Waals surface area (Å²) in [5.41, 5.74) is 1.40. The maximum atomic E-state index is 5.91. The summed E-state index contributed by atoms with van der Waals surface area (Å²) in [7, 11) is 3.20. The maximum Gasteiger partial charge on any atom is 0.320 e. The molecule has 1 aromatic carbocycles. The maximum absolute atomic E-state index is 5.91. The van der Waals surface area contributed by atoms with Crippen LogP contribution in [-0.4, -0.2) is 64.9 Å². The molecule has 2 heterocycles. The van der Waals surface area contributed by atoms with Gasteiger partial charge in [-0.3, -0.25) is 0 Å². The van der Waals surface area contributed by atoms with Crippen molar-refractivity contribution in [3.8, 4) is 17.5 Å². The molecule has 0 unspecified atom stereocenters. The van der Waals surface area contributed by atoms with E-state index in [1.165, 1.54) is 6.33 Å².